The average molecular weight is 658 g/mol. The number of carbonyl (C=O) groups is 2. The van der Waals surface area contributed by atoms with E-state index in [4.69, 9.17) is 16.3 Å². The van der Waals surface area contributed by atoms with Crippen molar-refractivity contribution in [1.82, 2.24) is 30.5 Å². The Balaban J connectivity index is 0.000000691. The van der Waals surface area contributed by atoms with E-state index in [9.17, 15) is 9.59 Å². The molecular formula is C33H48ClN7O3S. The molecule has 246 valence electrons. The average Bonchev–Trinajstić information content (AvgIpc) is 3.44. The van der Waals surface area contributed by atoms with Gasteiger partial charge in [-0.15, -0.1) is 0 Å². The standard InChI is InChI=1S/C25H28ClN7O2S.C5H12O.C3H8/c1-3-12-36-17(2)29-21(35)15-32-8-10-33(11-9-32)23-20(26)14-28-25-22(23)30-24(31-25)19-6-4-18(5-7-19)13-27-16-34;1-5(2,3)6-4;1-3-2/h3-7,12,14,16H,2,8-11,13,15H2,1H3,(H,27,34)(H,29,35)(H,28,30,31);1-4H3;3H2,1-2H3/b12-3-;;. The van der Waals surface area contributed by atoms with Crippen molar-refractivity contribution in [2.24, 2.45) is 0 Å². The molecule has 3 aromatic rings. The summed E-state index contributed by atoms with van der Waals surface area (Å²) >= 11 is 7.99. The summed E-state index contributed by atoms with van der Waals surface area (Å²) in [6, 6.07) is 7.81. The summed E-state index contributed by atoms with van der Waals surface area (Å²) in [5.74, 6) is 0.628. The van der Waals surface area contributed by atoms with E-state index in [1.807, 2.05) is 63.4 Å². The Kier molecular flexibility index (Phi) is 16.1. The third kappa shape index (κ3) is 12.9. The SMILES string of the molecule is C=C(NC(=O)CN1CCN(c2c(Cl)cnc3nc(-c4ccc(CNC=O)cc4)[nH]c23)CC1)S/C=C\C.CCC.COC(C)(C)C. The van der Waals surface area contributed by atoms with E-state index in [-0.39, 0.29) is 11.5 Å². The normalized spacial score (nSPS) is 13.5. The smallest absolute Gasteiger partial charge is 0.238 e. The van der Waals surface area contributed by atoms with Crippen molar-refractivity contribution in [3.05, 3.63) is 64.1 Å². The highest BCUT2D eigenvalue weighted by molar-refractivity contribution is 8.05. The third-order valence-electron chi connectivity index (χ3n) is 6.36. The zero-order chi connectivity index (χ0) is 33.4. The number of allylic oxidation sites excluding steroid dienone is 1. The number of hydrogen-bond acceptors (Lipinski definition) is 8. The van der Waals surface area contributed by atoms with Crippen LogP contribution in [0.5, 0.6) is 0 Å². The van der Waals surface area contributed by atoms with E-state index >= 15 is 0 Å². The maximum absolute atomic E-state index is 12.3. The number of amides is 2. The number of hydrogen-bond donors (Lipinski definition) is 3. The quantitative estimate of drug-likeness (QED) is 0.216. The van der Waals surface area contributed by atoms with Crippen LogP contribution in [-0.2, 0) is 20.9 Å². The van der Waals surface area contributed by atoms with Crippen LogP contribution in [0, 0.1) is 0 Å². The van der Waals surface area contributed by atoms with Crippen LogP contribution in [0.4, 0.5) is 5.69 Å². The Labute approximate surface area is 277 Å². The molecule has 0 saturated carbocycles. The lowest BCUT2D eigenvalue weighted by Crippen LogP contribution is -2.49. The zero-order valence-corrected chi connectivity index (χ0v) is 29.1. The zero-order valence-electron chi connectivity index (χ0n) is 27.6. The molecule has 1 aliphatic heterocycles. The first kappa shape index (κ1) is 37.8. The number of anilines is 1. The maximum Gasteiger partial charge on any atom is 0.238 e. The van der Waals surface area contributed by atoms with E-state index < -0.39 is 0 Å². The van der Waals surface area contributed by atoms with Gasteiger partial charge in [-0.05, 0) is 38.7 Å². The number of methoxy groups -OCH3 is 1. The van der Waals surface area contributed by atoms with Gasteiger partial charge in [-0.2, -0.15) is 0 Å². The van der Waals surface area contributed by atoms with Gasteiger partial charge in [0.1, 0.15) is 11.3 Å². The van der Waals surface area contributed by atoms with E-state index in [2.05, 4.69) is 55.8 Å². The van der Waals surface area contributed by atoms with Crippen LogP contribution in [-0.4, -0.2) is 77.6 Å². The molecule has 0 atom stereocenters. The molecular weight excluding hydrogens is 610 g/mol. The Bertz CT molecular complexity index is 1400. The monoisotopic (exact) mass is 657 g/mol. The lowest BCUT2D eigenvalue weighted by atomic mass is 10.1. The van der Waals surface area contributed by atoms with Gasteiger partial charge in [0, 0.05) is 45.4 Å². The highest BCUT2D eigenvalue weighted by Gasteiger charge is 2.24. The minimum Gasteiger partial charge on any atom is -0.379 e. The van der Waals surface area contributed by atoms with Gasteiger partial charge in [-0.25, -0.2) is 9.97 Å². The highest BCUT2D eigenvalue weighted by atomic mass is 35.5. The lowest BCUT2D eigenvalue weighted by molar-refractivity contribution is -0.121. The van der Waals surface area contributed by atoms with Crippen LogP contribution in [0.25, 0.3) is 22.6 Å². The number of aromatic amines is 1. The van der Waals surface area contributed by atoms with Gasteiger partial charge in [-0.3, -0.25) is 14.5 Å². The molecule has 1 fully saturated rings. The molecule has 2 amide bonds. The van der Waals surface area contributed by atoms with Crippen LogP contribution in [0.3, 0.4) is 0 Å². The van der Waals surface area contributed by atoms with Crippen molar-refractivity contribution < 1.29 is 14.3 Å². The minimum absolute atomic E-state index is 0.0417. The lowest BCUT2D eigenvalue weighted by Gasteiger charge is -2.36. The number of H-pyrrole nitrogens is 1. The number of thioether (sulfide) groups is 1. The largest absolute Gasteiger partial charge is 0.379 e. The van der Waals surface area contributed by atoms with Crippen molar-refractivity contribution in [3.63, 3.8) is 0 Å². The number of piperazine rings is 1. The molecule has 1 aromatic carbocycles. The van der Waals surface area contributed by atoms with Gasteiger partial charge >= 0.3 is 0 Å². The topological polar surface area (TPSA) is 115 Å². The van der Waals surface area contributed by atoms with Crippen LogP contribution >= 0.6 is 23.4 Å². The second-order valence-electron chi connectivity index (χ2n) is 11.3. The highest BCUT2D eigenvalue weighted by Crippen LogP contribution is 2.34. The molecule has 0 aliphatic carbocycles. The molecule has 3 N–H and O–H groups in total. The molecule has 12 heteroatoms. The molecule has 3 heterocycles. The van der Waals surface area contributed by atoms with Gasteiger partial charge in [-0.1, -0.05) is 80.6 Å². The summed E-state index contributed by atoms with van der Waals surface area (Å²) in [7, 11) is 1.71. The number of aromatic nitrogens is 3. The van der Waals surface area contributed by atoms with Crippen LogP contribution < -0.4 is 15.5 Å². The predicted octanol–water partition coefficient (Wildman–Crippen LogP) is 6.35. The number of ether oxygens (including phenoxy) is 1. The van der Waals surface area contributed by atoms with Crippen LogP contribution in [0.1, 0.15) is 53.5 Å². The second-order valence-corrected chi connectivity index (χ2v) is 12.7. The molecule has 0 spiro atoms. The first-order chi connectivity index (χ1) is 21.5. The molecule has 0 bridgehead atoms. The van der Waals surface area contributed by atoms with Gasteiger partial charge in [0.05, 0.1) is 34.1 Å². The molecule has 0 radical (unpaired) electrons. The summed E-state index contributed by atoms with van der Waals surface area (Å²) < 4.78 is 4.94. The molecule has 2 aromatic heterocycles. The Morgan fingerprint density at radius 3 is 2.36 bits per heavy atom. The van der Waals surface area contributed by atoms with E-state index in [0.29, 0.717) is 54.1 Å². The van der Waals surface area contributed by atoms with Gasteiger partial charge in [0.2, 0.25) is 12.3 Å². The van der Waals surface area contributed by atoms with Crippen molar-refractivity contribution in [2.75, 3.05) is 44.7 Å². The first-order valence-corrected chi connectivity index (χ1v) is 16.3. The fourth-order valence-corrected chi connectivity index (χ4v) is 4.75. The minimum atomic E-state index is -0.0686. The predicted molar refractivity (Wildman–Crippen MR) is 188 cm³/mol. The van der Waals surface area contributed by atoms with Crippen LogP contribution in [0.2, 0.25) is 5.02 Å². The Morgan fingerprint density at radius 1 is 1.18 bits per heavy atom. The fourth-order valence-electron chi connectivity index (χ4n) is 4.01. The fraction of sp³-hybridized carbons (Fsp3) is 0.455. The number of halogens is 1. The Hall–Kier alpha value is -3.38. The van der Waals surface area contributed by atoms with Crippen molar-refractivity contribution in [1.29, 1.82) is 0 Å². The number of pyridine rings is 1. The molecule has 10 nitrogen and oxygen atoms in total. The summed E-state index contributed by atoms with van der Waals surface area (Å²) in [4.78, 5) is 39.7. The molecule has 4 rings (SSSR count). The summed E-state index contributed by atoms with van der Waals surface area (Å²) in [6.07, 6.45) is 5.46. The van der Waals surface area contributed by atoms with Crippen LogP contribution in [0.15, 0.2) is 53.6 Å². The van der Waals surface area contributed by atoms with Crippen molar-refractivity contribution in [2.45, 2.75) is 60.1 Å². The third-order valence-corrected chi connectivity index (χ3v) is 7.43. The van der Waals surface area contributed by atoms with Gasteiger partial charge < -0.3 is 25.3 Å². The number of carbonyl (C=O) groups excluding carboxylic acids is 2. The molecule has 1 saturated heterocycles. The number of benzene rings is 1. The van der Waals surface area contributed by atoms with E-state index in [1.54, 1.807) is 13.3 Å². The summed E-state index contributed by atoms with van der Waals surface area (Å²) in [5, 5.41) is 8.54. The summed E-state index contributed by atoms with van der Waals surface area (Å²) in [5.41, 5.74) is 4.20. The van der Waals surface area contributed by atoms with E-state index in [0.717, 1.165) is 35.4 Å². The first-order valence-electron chi connectivity index (χ1n) is 15.1. The summed E-state index contributed by atoms with van der Waals surface area (Å²) in [6.45, 7) is 19.8. The molecule has 1 aliphatic rings. The molecule has 0 unspecified atom stereocenters. The van der Waals surface area contributed by atoms with Crippen molar-refractivity contribution >= 4 is 52.5 Å². The number of nitrogens with one attached hydrogen (secondary N) is 3. The number of imidazole rings is 1. The second kappa shape index (κ2) is 19.2. The van der Waals surface area contributed by atoms with Gasteiger partial charge in [0.25, 0.3) is 0 Å². The Morgan fingerprint density at radius 2 is 1.80 bits per heavy atom. The number of nitrogens with zero attached hydrogens (tertiary/aromatic N) is 4. The van der Waals surface area contributed by atoms with E-state index in [1.165, 1.54) is 18.2 Å². The van der Waals surface area contributed by atoms with Crippen molar-refractivity contribution in [3.8, 4) is 11.4 Å². The van der Waals surface area contributed by atoms with Gasteiger partial charge in [0.15, 0.2) is 5.65 Å². The maximum atomic E-state index is 12.3. The molecule has 45 heavy (non-hydrogen) atoms. The number of rotatable bonds is 10. The number of fused-ring (bicyclic) bond motifs is 1.